The molecule has 2 aromatic heterocycles. The molecule has 2 heterocycles. The van der Waals surface area contributed by atoms with Crippen LogP contribution >= 0.6 is 0 Å². The van der Waals surface area contributed by atoms with Crippen LogP contribution in [0.5, 0.6) is 0 Å². The molecule has 0 radical (unpaired) electrons. The fourth-order valence-electron chi connectivity index (χ4n) is 1.30. The molecule has 0 unspecified atom stereocenters. The summed E-state index contributed by atoms with van der Waals surface area (Å²) < 4.78 is 1.67. The van der Waals surface area contributed by atoms with Crippen LogP contribution in [0.25, 0.3) is 0 Å². The molecule has 0 aliphatic carbocycles. The van der Waals surface area contributed by atoms with Crippen LogP contribution in [0.2, 0.25) is 0 Å². The van der Waals surface area contributed by atoms with E-state index in [0.29, 0.717) is 18.9 Å². The first-order valence-electron chi connectivity index (χ1n) is 5.04. The number of pyridine rings is 1. The van der Waals surface area contributed by atoms with Crippen LogP contribution in [0, 0.1) is 0 Å². The zero-order chi connectivity index (χ0) is 12.1. The fraction of sp³-hybridized carbons (Fsp3) is 0.200. The first-order valence-corrected chi connectivity index (χ1v) is 5.04. The standard InChI is InChI=1S/C10H11N5O2/c16-10(17)8-2-1-3-9(13-8)11-4-6-15-7-5-12-14-15/h1-3,5,7H,4,6H2,(H,11,13)(H,16,17). The first-order chi connectivity index (χ1) is 8.25. The third kappa shape index (κ3) is 3.00. The second-order valence-electron chi connectivity index (χ2n) is 3.31. The van der Waals surface area contributed by atoms with Gasteiger partial charge >= 0.3 is 5.97 Å². The smallest absolute Gasteiger partial charge is 0.354 e. The van der Waals surface area contributed by atoms with E-state index >= 15 is 0 Å². The van der Waals surface area contributed by atoms with Crippen molar-refractivity contribution in [3.8, 4) is 0 Å². The van der Waals surface area contributed by atoms with Crippen molar-refractivity contribution in [3.63, 3.8) is 0 Å². The van der Waals surface area contributed by atoms with Gasteiger partial charge in [0.05, 0.1) is 12.7 Å². The minimum absolute atomic E-state index is 0.0238. The van der Waals surface area contributed by atoms with Crippen molar-refractivity contribution in [1.82, 2.24) is 20.0 Å². The van der Waals surface area contributed by atoms with Crippen LogP contribution in [0.3, 0.4) is 0 Å². The molecule has 0 bridgehead atoms. The van der Waals surface area contributed by atoms with E-state index in [1.807, 2.05) is 0 Å². The van der Waals surface area contributed by atoms with E-state index in [4.69, 9.17) is 5.11 Å². The summed E-state index contributed by atoms with van der Waals surface area (Å²) in [5.74, 6) is -0.505. The summed E-state index contributed by atoms with van der Waals surface area (Å²) in [6, 6.07) is 4.81. The molecule has 0 saturated heterocycles. The molecule has 0 saturated carbocycles. The Morgan fingerprint density at radius 1 is 1.47 bits per heavy atom. The van der Waals surface area contributed by atoms with Gasteiger partial charge in [0.2, 0.25) is 0 Å². The van der Waals surface area contributed by atoms with Crippen molar-refractivity contribution in [2.45, 2.75) is 6.54 Å². The molecule has 0 aliphatic rings. The van der Waals surface area contributed by atoms with Crippen LogP contribution < -0.4 is 5.32 Å². The predicted octanol–water partition coefficient (Wildman–Crippen LogP) is 0.483. The molecule has 0 amide bonds. The summed E-state index contributed by atoms with van der Waals surface area (Å²) in [6.45, 7) is 1.23. The van der Waals surface area contributed by atoms with Gasteiger partial charge in [-0.05, 0) is 12.1 Å². The van der Waals surface area contributed by atoms with Gasteiger partial charge in [-0.25, -0.2) is 9.78 Å². The largest absolute Gasteiger partial charge is 0.477 e. The number of hydrogen-bond donors (Lipinski definition) is 2. The Kier molecular flexibility index (Phi) is 3.29. The maximum absolute atomic E-state index is 10.7. The monoisotopic (exact) mass is 233 g/mol. The summed E-state index contributed by atoms with van der Waals surface area (Å²) in [4.78, 5) is 14.6. The second-order valence-corrected chi connectivity index (χ2v) is 3.31. The number of hydrogen-bond acceptors (Lipinski definition) is 5. The molecule has 0 spiro atoms. The van der Waals surface area contributed by atoms with Gasteiger partial charge in [-0.2, -0.15) is 0 Å². The molecule has 7 nitrogen and oxygen atoms in total. The lowest BCUT2D eigenvalue weighted by molar-refractivity contribution is 0.0690. The van der Waals surface area contributed by atoms with E-state index in [0.717, 1.165) is 0 Å². The van der Waals surface area contributed by atoms with Gasteiger partial charge in [-0.3, -0.25) is 4.68 Å². The van der Waals surface area contributed by atoms with Crippen LogP contribution in [0.1, 0.15) is 10.5 Å². The summed E-state index contributed by atoms with van der Waals surface area (Å²) in [6.07, 6.45) is 3.35. The Bertz CT molecular complexity index is 497. The number of aromatic carboxylic acids is 1. The molecule has 0 aromatic carbocycles. The van der Waals surface area contributed by atoms with Crippen LogP contribution in [0.15, 0.2) is 30.6 Å². The van der Waals surface area contributed by atoms with Gasteiger partial charge < -0.3 is 10.4 Å². The third-order valence-electron chi connectivity index (χ3n) is 2.09. The molecular formula is C10H11N5O2. The second kappa shape index (κ2) is 5.06. The zero-order valence-electron chi connectivity index (χ0n) is 8.95. The van der Waals surface area contributed by atoms with Crippen LogP contribution in [-0.4, -0.2) is 37.6 Å². The Morgan fingerprint density at radius 3 is 3.06 bits per heavy atom. The highest BCUT2D eigenvalue weighted by Gasteiger charge is 2.04. The summed E-state index contributed by atoms with van der Waals surface area (Å²) in [7, 11) is 0. The minimum atomic E-state index is -1.04. The number of carboxylic acid groups (broad SMARTS) is 1. The number of carbonyl (C=O) groups is 1. The maximum Gasteiger partial charge on any atom is 0.354 e. The maximum atomic E-state index is 10.7. The van der Waals surface area contributed by atoms with Gasteiger partial charge in [0.15, 0.2) is 5.69 Å². The van der Waals surface area contributed by atoms with E-state index in [-0.39, 0.29) is 5.69 Å². The highest BCUT2D eigenvalue weighted by molar-refractivity contribution is 5.85. The molecule has 0 aliphatic heterocycles. The average Bonchev–Trinajstić information content (AvgIpc) is 2.82. The van der Waals surface area contributed by atoms with E-state index in [1.54, 1.807) is 29.2 Å². The highest BCUT2D eigenvalue weighted by Crippen LogP contribution is 2.04. The van der Waals surface area contributed by atoms with Gasteiger partial charge in [0.25, 0.3) is 0 Å². The summed E-state index contributed by atoms with van der Waals surface area (Å²) in [5, 5.41) is 19.3. The highest BCUT2D eigenvalue weighted by atomic mass is 16.4. The van der Waals surface area contributed by atoms with Crippen molar-refractivity contribution in [1.29, 1.82) is 0 Å². The lowest BCUT2D eigenvalue weighted by Gasteiger charge is -2.05. The van der Waals surface area contributed by atoms with Crippen molar-refractivity contribution < 1.29 is 9.90 Å². The number of rotatable bonds is 5. The topological polar surface area (TPSA) is 92.9 Å². The van der Waals surface area contributed by atoms with E-state index in [1.165, 1.54) is 6.07 Å². The van der Waals surface area contributed by atoms with Crippen molar-refractivity contribution in [2.24, 2.45) is 0 Å². The van der Waals surface area contributed by atoms with Gasteiger partial charge in [0, 0.05) is 12.7 Å². The zero-order valence-corrected chi connectivity index (χ0v) is 8.95. The molecule has 0 fully saturated rings. The Morgan fingerprint density at radius 2 is 2.35 bits per heavy atom. The first kappa shape index (κ1) is 11.1. The van der Waals surface area contributed by atoms with E-state index in [2.05, 4.69) is 20.6 Å². The number of anilines is 1. The lowest BCUT2D eigenvalue weighted by atomic mass is 10.3. The molecule has 88 valence electrons. The van der Waals surface area contributed by atoms with Crippen LogP contribution in [0.4, 0.5) is 5.82 Å². The molecule has 0 atom stereocenters. The molecule has 2 N–H and O–H groups in total. The molecule has 7 heteroatoms. The van der Waals surface area contributed by atoms with E-state index < -0.39 is 5.97 Å². The Balaban J connectivity index is 1.90. The molecular weight excluding hydrogens is 222 g/mol. The molecule has 2 rings (SSSR count). The quantitative estimate of drug-likeness (QED) is 0.780. The number of nitrogens with zero attached hydrogens (tertiary/aromatic N) is 4. The summed E-state index contributed by atoms with van der Waals surface area (Å²) in [5.41, 5.74) is 0.0238. The molecule has 2 aromatic rings. The minimum Gasteiger partial charge on any atom is -0.477 e. The van der Waals surface area contributed by atoms with Gasteiger partial charge in [-0.1, -0.05) is 11.3 Å². The van der Waals surface area contributed by atoms with Gasteiger partial charge in [0.1, 0.15) is 5.82 Å². The predicted molar refractivity (Wildman–Crippen MR) is 59.7 cm³/mol. The molecule has 17 heavy (non-hydrogen) atoms. The Labute approximate surface area is 97.1 Å². The third-order valence-corrected chi connectivity index (χ3v) is 2.09. The van der Waals surface area contributed by atoms with Crippen molar-refractivity contribution in [3.05, 3.63) is 36.3 Å². The van der Waals surface area contributed by atoms with E-state index in [9.17, 15) is 4.79 Å². The number of aromatic nitrogens is 4. The van der Waals surface area contributed by atoms with Crippen molar-refractivity contribution in [2.75, 3.05) is 11.9 Å². The summed E-state index contributed by atoms with van der Waals surface area (Å²) >= 11 is 0. The normalized spacial score (nSPS) is 10.1. The van der Waals surface area contributed by atoms with Crippen LogP contribution in [-0.2, 0) is 6.54 Å². The average molecular weight is 233 g/mol. The number of nitrogens with one attached hydrogen (secondary N) is 1. The van der Waals surface area contributed by atoms with Gasteiger partial charge in [-0.15, -0.1) is 5.10 Å². The SMILES string of the molecule is O=C(O)c1cccc(NCCn2ccnn2)n1. The Hall–Kier alpha value is -2.44. The lowest BCUT2D eigenvalue weighted by Crippen LogP contribution is -2.12. The fourth-order valence-corrected chi connectivity index (χ4v) is 1.30. The van der Waals surface area contributed by atoms with Crippen molar-refractivity contribution >= 4 is 11.8 Å². The number of carboxylic acids is 1.